The minimum atomic E-state index is 0.261. The van der Waals surface area contributed by atoms with Crippen LogP contribution in [0.25, 0.3) is 11.3 Å². The maximum Gasteiger partial charge on any atom is 0.251 e. The number of hydrogen-bond acceptors (Lipinski definition) is 5. The molecule has 0 saturated heterocycles. The van der Waals surface area contributed by atoms with Crippen LogP contribution in [0.2, 0.25) is 0 Å². The molecule has 92 valence electrons. The van der Waals surface area contributed by atoms with E-state index in [2.05, 4.69) is 15.0 Å². The molecular formula is C12H12N4O2. The van der Waals surface area contributed by atoms with Crippen molar-refractivity contribution in [2.24, 2.45) is 4.99 Å². The van der Waals surface area contributed by atoms with Gasteiger partial charge in [-0.15, -0.1) is 0 Å². The Morgan fingerprint density at radius 1 is 1.39 bits per heavy atom. The van der Waals surface area contributed by atoms with Crippen molar-refractivity contribution in [1.29, 1.82) is 0 Å². The van der Waals surface area contributed by atoms with Gasteiger partial charge in [0.15, 0.2) is 0 Å². The Balaban J connectivity index is 2.34. The van der Waals surface area contributed by atoms with Crippen LogP contribution >= 0.6 is 0 Å². The van der Waals surface area contributed by atoms with E-state index in [4.69, 9.17) is 9.94 Å². The van der Waals surface area contributed by atoms with Gasteiger partial charge in [0.25, 0.3) is 5.95 Å². The van der Waals surface area contributed by atoms with Crippen molar-refractivity contribution in [1.82, 2.24) is 15.4 Å². The first-order chi connectivity index (χ1) is 8.83. The Morgan fingerprint density at radius 2 is 2.28 bits per heavy atom. The molecule has 0 radical (unpaired) electrons. The molecule has 0 bridgehead atoms. The van der Waals surface area contributed by atoms with Gasteiger partial charge in [-0.25, -0.2) is 9.97 Å². The Labute approximate surface area is 104 Å². The topological polar surface area (TPSA) is 79.6 Å². The van der Waals surface area contributed by atoms with E-state index in [0.29, 0.717) is 0 Å². The summed E-state index contributed by atoms with van der Waals surface area (Å²) in [5.74, 6) is 1.02. The summed E-state index contributed by atoms with van der Waals surface area (Å²) >= 11 is 0. The highest BCUT2D eigenvalue weighted by Crippen LogP contribution is 2.22. The monoisotopic (exact) mass is 244 g/mol. The zero-order valence-electron chi connectivity index (χ0n) is 9.74. The number of methoxy groups -OCH3 is 1. The summed E-state index contributed by atoms with van der Waals surface area (Å²) in [6.45, 7) is 0. The van der Waals surface area contributed by atoms with Crippen LogP contribution in [0.3, 0.4) is 0 Å². The zero-order chi connectivity index (χ0) is 12.8. The van der Waals surface area contributed by atoms with Crippen LogP contribution in [0, 0.1) is 0 Å². The van der Waals surface area contributed by atoms with Gasteiger partial charge in [0.1, 0.15) is 12.1 Å². The Bertz CT molecular complexity index is 557. The summed E-state index contributed by atoms with van der Waals surface area (Å²) in [7, 11) is 1.61. The first-order valence-electron chi connectivity index (χ1n) is 5.23. The lowest BCUT2D eigenvalue weighted by molar-refractivity contribution is 0.240. The molecule has 6 nitrogen and oxygen atoms in total. The summed E-state index contributed by atoms with van der Waals surface area (Å²) < 4.78 is 5.16. The molecule has 2 aromatic rings. The Kier molecular flexibility index (Phi) is 3.83. The van der Waals surface area contributed by atoms with Crippen LogP contribution in [-0.4, -0.2) is 28.6 Å². The fourth-order valence-corrected chi connectivity index (χ4v) is 1.44. The smallest absolute Gasteiger partial charge is 0.251 e. The van der Waals surface area contributed by atoms with Gasteiger partial charge >= 0.3 is 0 Å². The number of ether oxygens (including phenoxy) is 1. The molecule has 1 heterocycles. The summed E-state index contributed by atoms with van der Waals surface area (Å²) in [4.78, 5) is 12.0. The number of aliphatic imine (C=N–C) groups is 1. The molecule has 0 aliphatic heterocycles. The molecule has 0 spiro atoms. The Hall–Kier alpha value is -2.47. The molecule has 0 amide bonds. The van der Waals surface area contributed by atoms with E-state index in [1.54, 1.807) is 24.9 Å². The van der Waals surface area contributed by atoms with Gasteiger partial charge in [-0.3, -0.25) is 10.7 Å². The fourth-order valence-electron chi connectivity index (χ4n) is 1.44. The predicted octanol–water partition coefficient (Wildman–Crippen LogP) is 1.79. The number of rotatable bonds is 4. The lowest BCUT2D eigenvalue weighted by Crippen LogP contribution is -2.01. The van der Waals surface area contributed by atoms with Crippen molar-refractivity contribution in [2.45, 2.75) is 0 Å². The van der Waals surface area contributed by atoms with Crippen LogP contribution in [-0.2, 0) is 0 Å². The SMILES string of the molecule is COc1cccc(-c2ccnc(/N=C\NO)n2)c1. The van der Waals surface area contributed by atoms with Crippen LogP contribution < -0.4 is 10.2 Å². The molecule has 0 fully saturated rings. The van der Waals surface area contributed by atoms with Gasteiger partial charge in [0.05, 0.1) is 12.8 Å². The highest BCUT2D eigenvalue weighted by molar-refractivity contribution is 5.63. The molecule has 1 aromatic heterocycles. The first-order valence-corrected chi connectivity index (χ1v) is 5.23. The predicted molar refractivity (Wildman–Crippen MR) is 67.1 cm³/mol. The van der Waals surface area contributed by atoms with Crippen molar-refractivity contribution < 1.29 is 9.94 Å². The first kappa shape index (κ1) is 12.0. The highest BCUT2D eigenvalue weighted by Gasteiger charge is 2.02. The highest BCUT2D eigenvalue weighted by atomic mass is 16.5. The van der Waals surface area contributed by atoms with E-state index in [-0.39, 0.29) is 5.95 Å². The van der Waals surface area contributed by atoms with Crippen LogP contribution in [0.4, 0.5) is 5.95 Å². The third kappa shape index (κ3) is 2.80. The lowest BCUT2D eigenvalue weighted by atomic mass is 10.1. The number of nitrogens with zero attached hydrogens (tertiary/aromatic N) is 3. The number of nitrogens with one attached hydrogen (secondary N) is 1. The van der Waals surface area contributed by atoms with E-state index < -0.39 is 0 Å². The quantitative estimate of drug-likeness (QED) is 0.487. The van der Waals surface area contributed by atoms with E-state index in [9.17, 15) is 0 Å². The number of benzene rings is 1. The normalized spacial score (nSPS) is 10.6. The maximum atomic E-state index is 8.41. The summed E-state index contributed by atoms with van der Waals surface area (Å²) in [5.41, 5.74) is 3.44. The van der Waals surface area contributed by atoms with Crippen molar-refractivity contribution in [3.05, 3.63) is 36.5 Å². The molecule has 18 heavy (non-hydrogen) atoms. The standard InChI is InChI=1S/C12H12N4O2/c1-18-10-4-2-3-9(7-10)11-5-6-13-12(16-11)14-8-15-17/h2-8,17H,1H3,(H,13,14,15,16). The molecule has 0 saturated carbocycles. The van der Waals surface area contributed by atoms with Crippen LogP contribution in [0.5, 0.6) is 5.75 Å². The molecule has 2 rings (SSSR count). The molecule has 0 aliphatic rings. The molecule has 0 unspecified atom stereocenters. The molecule has 0 atom stereocenters. The third-order valence-corrected chi connectivity index (χ3v) is 2.25. The largest absolute Gasteiger partial charge is 0.497 e. The molecule has 2 N–H and O–H groups in total. The lowest BCUT2D eigenvalue weighted by Gasteiger charge is -2.04. The molecular weight excluding hydrogens is 232 g/mol. The average Bonchev–Trinajstić information content (AvgIpc) is 2.45. The average molecular weight is 244 g/mol. The minimum absolute atomic E-state index is 0.261. The van der Waals surface area contributed by atoms with Gasteiger partial charge in [-0.2, -0.15) is 4.99 Å². The number of hydroxylamine groups is 1. The Morgan fingerprint density at radius 3 is 3.06 bits per heavy atom. The summed E-state index contributed by atoms with van der Waals surface area (Å²) in [5, 5.41) is 8.41. The van der Waals surface area contributed by atoms with E-state index >= 15 is 0 Å². The van der Waals surface area contributed by atoms with Crippen molar-refractivity contribution >= 4 is 12.3 Å². The third-order valence-electron chi connectivity index (χ3n) is 2.25. The van der Waals surface area contributed by atoms with Crippen LogP contribution in [0.1, 0.15) is 0 Å². The van der Waals surface area contributed by atoms with E-state index in [1.807, 2.05) is 24.3 Å². The maximum absolute atomic E-state index is 8.41. The van der Waals surface area contributed by atoms with Gasteiger partial charge in [-0.05, 0) is 18.2 Å². The van der Waals surface area contributed by atoms with Gasteiger partial charge in [0, 0.05) is 11.8 Å². The van der Waals surface area contributed by atoms with Gasteiger partial charge < -0.3 is 4.74 Å². The van der Waals surface area contributed by atoms with Gasteiger partial charge in [0.2, 0.25) is 0 Å². The zero-order valence-corrected chi connectivity index (χ0v) is 9.74. The summed E-state index contributed by atoms with van der Waals surface area (Å²) in [6, 6.07) is 9.32. The van der Waals surface area contributed by atoms with Crippen LogP contribution in [0.15, 0.2) is 41.5 Å². The molecule has 1 aromatic carbocycles. The van der Waals surface area contributed by atoms with Crippen molar-refractivity contribution in [2.75, 3.05) is 7.11 Å². The van der Waals surface area contributed by atoms with Crippen molar-refractivity contribution in [3.8, 4) is 17.0 Å². The number of hydrogen-bond donors (Lipinski definition) is 2. The number of aromatic nitrogens is 2. The second kappa shape index (κ2) is 5.74. The van der Waals surface area contributed by atoms with E-state index in [1.165, 1.54) is 0 Å². The second-order valence-corrected chi connectivity index (χ2v) is 3.36. The minimum Gasteiger partial charge on any atom is -0.497 e. The van der Waals surface area contributed by atoms with E-state index in [0.717, 1.165) is 23.3 Å². The summed E-state index contributed by atoms with van der Waals surface area (Å²) in [6.07, 6.45) is 2.70. The molecule has 6 heteroatoms. The van der Waals surface area contributed by atoms with Gasteiger partial charge in [-0.1, -0.05) is 12.1 Å². The van der Waals surface area contributed by atoms with Crippen molar-refractivity contribution in [3.63, 3.8) is 0 Å². The second-order valence-electron chi connectivity index (χ2n) is 3.36. The fraction of sp³-hybridized carbons (Fsp3) is 0.0833. The molecule has 0 aliphatic carbocycles.